The highest BCUT2D eigenvalue weighted by molar-refractivity contribution is 7.98. The van der Waals surface area contributed by atoms with Crippen molar-refractivity contribution < 1.29 is 29.1 Å². The molecule has 2 aromatic heterocycles. The summed E-state index contributed by atoms with van der Waals surface area (Å²) in [6.07, 6.45) is 6.57. The molecule has 0 saturated heterocycles. The van der Waals surface area contributed by atoms with Gasteiger partial charge in [-0.3, -0.25) is 19.2 Å². The predicted molar refractivity (Wildman–Crippen MR) is 157 cm³/mol. The van der Waals surface area contributed by atoms with Crippen molar-refractivity contribution >= 4 is 52.3 Å². The number of carboxylic acid groups (broad SMARTS) is 1. The number of aromatic amines is 2. The largest absolute Gasteiger partial charge is 0.480 e. The zero-order valence-electron chi connectivity index (χ0n) is 23.1. The molecular weight excluding hydrogens is 564 g/mol. The summed E-state index contributed by atoms with van der Waals surface area (Å²) in [6, 6.07) is 2.85. The van der Waals surface area contributed by atoms with Crippen LogP contribution in [0.1, 0.15) is 30.5 Å². The lowest BCUT2D eigenvalue weighted by molar-refractivity contribution is -0.142. The fraction of sp³-hybridized carbons (Fsp3) is 0.407. The summed E-state index contributed by atoms with van der Waals surface area (Å²) in [6.45, 7) is 0. The molecule has 15 heteroatoms. The first-order valence-corrected chi connectivity index (χ1v) is 14.7. The predicted octanol–water partition coefficient (Wildman–Crippen LogP) is -0.439. The van der Waals surface area contributed by atoms with Crippen molar-refractivity contribution in [1.82, 2.24) is 30.9 Å². The zero-order valence-corrected chi connectivity index (χ0v) is 23.9. The van der Waals surface area contributed by atoms with Gasteiger partial charge in [0.25, 0.3) is 0 Å². The molecule has 3 aromatic rings. The number of para-hydroxylation sites is 1. The molecule has 4 atom stereocenters. The molecule has 0 radical (unpaired) electrons. The lowest BCUT2D eigenvalue weighted by Gasteiger charge is -2.25. The number of nitrogens with two attached hydrogens (primary N) is 2. The van der Waals surface area contributed by atoms with E-state index in [2.05, 4.69) is 30.9 Å². The molecule has 0 spiro atoms. The van der Waals surface area contributed by atoms with Gasteiger partial charge < -0.3 is 42.5 Å². The average Bonchev–Trinajstić information content (AvgIpc) is 3.63. The molecule has 0 aliphatic carbocycles. The maximum Gasteiger partial charge on any atom is 0.326 e. The Morgan fingerprint density at radius 2 is 1.64 bits per heavy atom. The number of benzene rings is 1. The quantitative estimate of drug-likeness (QED) is 0.100. The van der Waals surface area contributed by atoms with Crippen molar-refractivity contribution in [2.75, 3.05) is 12.0 Å². The molecule has 2 heterocycles. The Morgan fingerprint density at radius 3 is 2.31 bits per heavy atom. The van der Waals surface area contributed by atoms with Crippen LogP contribution in [0.15, 0.2) is 43.0 Å². The van der Waals surface area contributed by atoms with Crippen molar-refractivity contribution in [3.8, 4) is 0 Å². The molecule has 4 amide bonds. The SMILES string of the molecule is CSCCC(NC(=O)C(N)CCC(N)=O)C(=O)NC(Cc1c[nH]c2ccccc12)C(=O)NC(Cc1cnc[nH]1)C(=O)O. The Morgan fingerprint density at radius 1 is 0.952 bits per heavy atom. The van der Waals surface area contributed by atoms with E-state index in [1.165, 1.54) is 24.3 Å². The first-order valence-electron chi connectivity index (χ1n) is 13.3. The number of thioether (sulfide) groups is 1. The molecule has 0 aliphatic rings. The normalized spacial score (nSPS) is 14.0. The van der Waals surface area contributed by atoms with E-state index in [0.29, 0.717) is 11.4 Å². The molecule has 0 aliphatic heterocycles. The molecular formula is C27H36N8O6S. The summed E-state index contributed by atoms with van der Waals surface area (Å²) in [7, 11) is 0. The highest BCUT2D eigenvalue weighted by Crippen LogP contribution is 2.19. The van der Waals surface area contributed by atoms with E-state index < -0.39 is 53.8 Å². The van der Waals surface area contributed by atoms with Gasteiger partial charge in [0.1, 0.15) is 18.1 Å². The van der Waals surface area contributed by atoms with Gasteiger partial charge in [-0.2, -0.15) is 11.8 Å². The number of hydrogen-bond acceptors (Lipinski definition) is 8. The summed E-state index contributed by atoms with van der Waals surface area (Å²) in [5.74, 6) is -3.34. The highest BCUT2D eigenvalue weighted by Gasteiger charge is 2.31. The molecule has 42 heavy (non-hydrogen) atoms. The maximum absolute atomic E-state index is 13.5. The van der Waals surface area contributed by atoms with Crippen LogP contribution in [0.25, 0.3) is 10.9 Å². The van der Waals surface area contributed by atoms with Crippen molar-refractivity contribution in [3.05, 3.63) is 54.2 Å². The summed E-state index contributed by atoms with van der Waals surface area (Å²) in [4.78, 5) is 72.6. The van der Waals surface area contributed by atoms with Gasteiger partial charge in [0.15, 0.2) is 0 Å². The molecule has 226 valence electrons. The number of nitrogens with one attached hydrogen (secondary N) is 5. The van der Waals surface area contributed by atoms with E-state index >= 15 is 0 Å². The van der Waals surface area contributed by atoms with Crippen LogP contribution in [-0.4, -0.2) is 85.8 Å². The fourth-order valence-corrected chi connectivity index (χ4v) is 4.77. The number of fused-ring (bicyclic) bond motifs is 1. The second-order valence-electron chi connectivity index (χ2n) is 9.76. The van der Waals surface area contributed by atoms with Crippen LogP contribution in [0.5, 0.6) is 0 Å². The number of nitrogens with zero attached hydrogens (tertiary/aromatic N) is 1. The van der Waals surface area contributed by atoms with Gasteiger partial charge >= 0.3 is 5.97 Å². The van der Waals surface area contributed by atoms with E-state index in [1.807, 2.05) is 30.5 Å². The van der Waals surface area contributed by atoms with E-state index in [-0.39, 0.29) is 32.1 Å². The third-order valence-corrected chi connectivity index (χ3v) is 7.25. The van der Waals surface area contributed by atoms with E-state index in [1.54, 1.807) is 6.20 Å². The molecule has 3 rings (SSSR count). The van der Waals surface area contributed by atoms with Gasteiger partial charge in [0, 0.05) is 48.3 Å². The summed E-state index contributed by atoms with van der Waals surface area (Å²) in [5.41, 5.74) is 13.1. The minimum atomic E-state index is -1.30. The van der Waals surface area contributed by atoms with Crippen LogP contribution in [0.3, 0.4) is 0 Å². The average molecular weight is 601 g/mol. The van der Waals surface area contributed by atoms with E-state index in [0.717, 1.165) is 16.5 Å². The standard InChI is InChI=1S/C27H36N8O6S/c1-42-9-8-20(33-24(37)18(28)6-7-23(29)36)25(38)34-21(10-15-12-31-19-5-3-2-4-17(15)19)26(39)35-22(27(40)41)11-16-13-30-14-32-16/h2-5,12-14,18,20-22,31H,6-11,28H2,1H3,(H2,29,36)(H,30,32)(H,33,37)(H,34,38)(H,35,39)(H,40,41). The zero-order chi connectivity index (χ0) is 30.6. The van der Waals surface area contributed by atoms with E-state index in [9.17, 15) is 29.1 Å². The smallest absolute Gasteiger partial charge is 0.326 e. The first-order chi connectivity index (χ1) is 20.1. The first kappa shape index (κ1) is 32.1. The molecule has 14 nitrogen and oxygen atoms in total. The number of imidazole rings is 1. The lowest BCUT2D eigenvalue weighted by Crippen LogP contribution is -2.58. The number of hydrogen-bond donors (Lipinski definition) is 8. The van der Waals surface area contributed by atoms with Crippen LogP contribution >= 0.6 is 11.8 Å². The Labute approximate surface area is 246 Å². The minimum Gasteiger partial charge on any atom is -0.480 e. The van der Waals surface area contributed by atoms with Gasteiger partial charge in [-0.05, 0) is 36.5 Å². The summed E-state index contributed by atoms with van der Waals surface area (Å²) >= 11 is 1.46. The number of amides is 4. The van der Waals surface area contributed by atoms with Crippen molar-refractivity contribution in [1.29, 1.82) is 0 Å². The summed E-state index contributed by atoms with van der Waals surface area (Å²) in [5, 5.41) is 18.4. The summed E-state index contributed by atoms with van der Waals surface area (Å²) < 4.78 is 0. The van der Waals surface area contributed by atoms with Crippen LogP contribution < -0.4 is 27.4 Å². The molecule has 0 bridgehead atoms. The molecule has 10 N–H and O–H groups in total. The Kier molecular flexibility index (Phi) is 11.9. The monoisotopic (exact) mass is 600 g/mol. The van der Waals surface area contributed by atoms with Gasteiger partial charge in [-0.15, -0.1) is 0 Å². The number of H-pyrrole nitrogens is 2. The number of rotatable bonds is 17. The molecule has 0 saturated carbocycles. The minimum absolute atomic E-state index is 0.0105. The number of carbonyl (C=O) groups excluding carboxylic acids is 4. The Bertz CT molecular complexity index is 1380. The number of aliphatic carboxylic acids is 1. The van der Waals surface area contributed by atoms with Gasteiger partial charge in [-0.25, -0.2) is 9.78 Å². The molecule has 1 aromatic carbocycles. The third-order valence-electron chi connectivity index (χ3n) is 6.61. The number of carboxylic acids is 1. The van der Waals surface area contributed by atoms with Gasteiger partial charge in [-0.1, -0.05) is 18.2 Å². The molecule has 4 unspecified atom stereocenters. The van der Waals surface area contributed by atoms with Crippen LogP contribution in [0, 0.1) is 0 Å². The second-order valence-corrected chi connectivity index (χ2v) is 10.7. The second kappa shape index (κ2) is 15.6. The van der Waals surface area contributed by atoms with E-state index in [4.69, 9.17) is 11.5 Å². The molecule has 0 fully saturated rings. The Hall–Kier alpha value is -4.37. The number of aromatic nitrogens is 3. The lowest BCUT2D eigenvalue weighted by atomic mass is 10.0. The Balaban J connectivity index is 1.82. The third kappa shape index (κ3) is 9.34. The van der Waals surface area contributed by atoms with Crippen LogP contribution in [-0.2, 0) is 36.8 Å². The van der Waals surface area contributed by atoms with Gasteiger partial charge in [0.05, 0.1) is 12.4 Å². The van der Waals surface area contributed by atoms with Crippen LogP contribution in [0.4, 0.5) is 0 Å². The van der Waals surface area contributed by atoms with Gasteiger partial charge in [0.2, 0.25) is 23.6 Å². The van der Waals surface area contributed by atoms with Crippen molar-refractivity contribution in [3.63, 3.8) is 0 Å². The highest BCUT2D eigenvalue weighted by atomic mass is 32.2. The van der Waals surface area contributed by atoms with Crippen LogP contribution in [0.2, 0.25) is 0 Å². The van der Waals surface area contributed by atoms with Crippen molar-refractivity contribution in [2.24, 2.45) is 11.5 Å². The maximum atomic E-state index is 13.5. The topological polar surface area (TPSA) is 238 Å². The number of carbonyl (C=O) groups is 5. The fourth-order valence-electron chi connectivity index (χ4n) is 4.30. The van der Waals surface area contributed by atoms with Crippen molar-refractivity contribution in [2.45, 2.75) is 56.3 Å². The number of primary amides is 1.